The summed E-state index contributed by atoms with van der Waals surface area (Å²) in [6.45, 7) is 1.99. The largest absolute Gasteiger partial charge is 0.481 e. The average molecular weight is 243 g/mol. The van der Waals surface area contributed by atoms with Gasteiger partial charge < -0.3 is 15.7 Å². The number of aliphatic carboxylic acids is 1. The molecule has 0 aliphatic carbocycles. The fourth-order valence-corrected chi connectivity index (χ4v) is 1.64. The van der Waals surface area contributed by atoms with Crippen molar-refractivity contribution in [3.63, 3.8) is 0 Å². The van der Waals surface area contributed by atoms with Gasteiger partial charge >= 0.3 is 12.0 Å². The molecule has 0 saturated heterocycles. The second kappa shape index (κ2) is 6.06. The Labute approximate surface area is 96.7 Å². The quantitative estimate of drug-likeness (QED) is 0.713. The predicted octanol–water partition coefficient (Wildman–Crippen LogP) is 0.805. The van der Waals surface area contributed by atoms with E-state index >= 15 is 0 Å². The molecule has 0 aliphatic heterocycles. The van der Waals surface area contributed by atoms with Crippen LogP contribution in [0.15, 0.2) is 11.6 Å². The summed E-state index contributed by atoms with van der Waals surface area (Å²) in [6.07, 6.45) is 1.57. The molecule has 16 heavy (non-hydrogen) atoms. The maximum Gasteiger partial charge on any atom is 0.315 e. The number of carboxylic acid groups (broad SMARTS) is 1. The van der Waals surface area contributed by atoms with Crippen LogP contribution in [-0.2, 0) is 11.3 Å². The second-order valence-corrected chi connectivity index (χ2v) is 4.23. The summed E-state index contributed by atoms with van der Waals surface area (Å²) in [6, 6.07) is -0.780. The SMILES string of the molecule is CC(CC(=O)O)NC(=O)NCc1nccs1. The number of amides is 2. The molecule has 1 rings (SSSR count). The van der Waals surface area contributed by atoms with E-state index in [0.717, 1.165) is 5.01 Å². The third-order valence-corrected chi connectivity index (χ3v) is 2.52. The van der Waals surface area contributed by atoms with Gasteiger partial charge in [-0.15, -0.1) is 11.3 Å². The molecule has 3 N–H and O–H groups in total. The lowest BCUT2D eigenvalue weighted by Gasteiger charge is -2.11. The van der Waals surface area contributed by atoms with Crippen LogP contribution < -0.4 is 10.6 Å². The van der Waals surface area contributed by atoms with Gasteiger partial charge in [0.05, 0.1) is 13.0 Å². The lowest BCUT2D eigenvalue weighted by Crippen LogP contribution is -2.41. The third-order valence-electron chi connectivity index (χ3n) is 1.74. The van der Waals surface area contributed by atoms with Crippen molar-refractivity contribution in [2.45, 2.75) is 25.9 Å². The molecule has 0 aliphatic rings. The Morgan fingerprint density at radius 2 is 2.38 bits per heavy atom. The number of carboxylic acids is 1. The number of hydrogen-bond acceptors (Lipinski definition) is 4. The van der Waals surface area contributed by atoms with Crippen LogP contribution >= 0.6 is 11.3 Å². The molecule has 0 fully saturated rings. The Bertz CT molecular complexity index is 353. The standard InChI is InChI=1S/C9H13N3O3S/c1-6(4-8(13)14)12-9(15)11-5-7-10-2-3-16-7/h2-3,6H,4-5H2,1H3,(H,13,14)(H2,11,12,15). The minimum absolute atomic E-state index is 0.0926. The van der Waals surface area contributed by atoms with Crippen LogP contribution in [0, 0.1) is 0 Å². The maximum absolute atomic E-state index is 11.3. The first-order valence-corrected chi connectivity index (χ1v) is 5.60. The summed E-state index contributed by atoms with van der Waals surface area (Å²) < 4.78 is 0. The van der Waals surface area contributed by atoms with Crippen LogP contribution in [0.4, 0.5) is 4.79 Å². The number of carbonyl (C=O) groups is 2. The monoisotopic (exact) mass is 243 g/mol. The first-order chi connectivity index (χ1) is 7.58. The van der Waals surface area contributed by atoms with Gasteiger partial charge in [-0.3, -0.25) is 4.79 Å². The molecule has 0 spiro atoms. The molecule has 1 heterocycles. The smallest absolute Gasteiger partial charge is 0.315 e. The van der Waals surface area contributed by atoms with Crippen molar-refractivity contribution in [1.82, 2.24) is 15.6 Å². The minimum Gasteiger partial charge on any atom is -0.481 e. The highest BCUT2D eigenvalue weighted by Gasteiger charge is 2.10. The Morgan fingerprint density at radius 3 is 2.94 bits per heavy atom. The minimum atomic E-state index is -0.937. The highest BCUT2D eigenvalue weighted by Crippen LogP contribution is 2.02. The number of hydrogen-bond donors (Lipinski definition) is 3. The molecule has 1 aromatic rings. The number of aromatic nitrogens is 1. The first-order valence-electron chi connectivity index (χ1n) is 4.72. The van der Waals surface area contributed by atoms with Crippen molar-refractivity contribution < 1.29 is 14.7 Å². The van der Waals surface area contributed by atoms with Crippen LogP contribution in [0.25, 0.3) is 0 Å². The van der Waals surface area contributed by atoms with E-state index in [1.165, 1.54) is 11.3 Å². The topological polar surface area (TPSA) is 91.3 Å². The van der Waals surface area contributed by atoms with Crippen LogP contribution in [0.1, 0.15) is 18.4 Å². The van der Waals surface area contributed by atoms with Gasteiger partial charge in [-0.25, -0.2) is 9.78 Å². The van der Waals surface area contributed by atoms with Crippen molar-refractivity contribution in [3.05, 3.63) is 16.6 Å². The normalized spacial score (nSPS) is 11.8. The Hall–Kier alpha value is -1.63. The highest BCUT2D eigenvalue weighted by atomic mass is 32.1. The van der Waals surface area contributed by atoms with Crippen molar-refractivity contribution in [3.8, 4) is 0 Å². The Morgan fingerprint density at radius 1 is 1.62 bits per heavy atom. The van der Waals surface area contributed by atoms with E-state index in [1.807, 2.05) is 5.38 Å². The molecule has 1 unspecified atom stereocenters. The number of carbonyl (C=O) groups excluding carboxylic acids is 1. The van der Waals surface area contributed by atoms with Crippen molar-refractivity contribution >= 4 is 23.3 Å². The van der Waals surface area contributed by atoms with E-state index in [2.05, 4.69) is 15.6 Å². The van der Waals surface area contributed by atoms with Gasteiger partial charge in [0.15, 0.2) is 0 Å². The van der Waals surface area contributed by atoms with Crippen LogP contribution in [0.5, 0.6) is 0 Å². The molecular formula is C9H13N3O3S. The van der Waals surface area contributed by atoms with Crippen LogP contribution in [0.2, 0.25) is 0 Å². The summed E-state index contributed by atoms with van der Waals surface area (Å²) in [5, 5.41) is 16.2. The van der Waals surface area contributed by atoms with E-state index in [9.17, 15) is 9.59 Å². The molecule has 6 nitrogen and oxygen atoms in total. The van der Waals surface area contributed by atoms with Gasteiger partial charge in [0.2, 0.25) is 0 Å². The van der Waals surface area contributed by atoms with E-state index in [0.29, 0.717) is 6.54 Å². The van der Waals surface area contributed by atoms with Gasteiger partial charge in [0, 0.05) is 17.6 Å². The fourth-order valence-electron chi connectivity index (χ4n) is 1.08. The first kappa shape index (κ1) is 12.4. The fraction of sp³-hybridized carbons (Fsp3) is 0.444. The van der Waals surface area contributed by atoms with Gasteiger partial charge in [0.1, 0.15) is 5.01 Å². The molecule has 0 radical (unpaired) electrons. The Balaban J connectivity index is 2.23. The van der Waals surface area contributed by atoms with Crippen LogP contribution in [-0.4, -0.2) is 28.1 Å². The number of urea groups is 1. The summed E-state index contributed by atoms with van der Waals surface area (Å²) in [4.78, 5) is 25.6. The molecule has 0 aromatic carbocycles. The number of rotatable bonds is 5. The molecule has 88 valence electrons. The van der Waals surface area contributed by atoms with E-state index in [1.54, 1.807) is 13.1 Å². The highest BCUT2D eigenvalue weighted by molar-refractivity contribution is 7.09. The molecule has 2 amide bonds. The second-order valence-electron chi connectivity index (χ2n) is 3.25. The summed E-state index contributed by atoms with van der Waals surface area (Å²) in [7, 11) is 0. The number of thiazole rings is 1. The van der Waals surface area contributed by atoms with Crippen molar-refractivity contribution in [2.24, 2.45) is 0 Å². The van der Waals surface area contributed by atoms with Crippen molar-refractivity contribution in [1.29, 1.82) is 0 Å². The molecular weight excluding hydrogens is 230 g/mol. The van der Waals surface area contributed by atoms with Gasteiger partial charge in [-0.1, -0.05) is 0 Å². The predicted molar refractivity (Wildman–Crippen MR) is 59.2 cm³/mol. The van der Waals surface area contributed by atoms with Gasteiger partial charge in [-0.2, -0.15) is 0 Å². The molecule has 0 bridgehead atoms. The van der Waals surface area contributed by atoms with E-state index < -0.39 is 12.0 Å². The zero-order valence-electron chi connectivity index (χ0n) is 8.77. The Kier molecular flexibility index (Phi) is 4.71. The van der Waals surface area contributed by atoms with E-state index in [-0.39, 0.29) is 12.5 Å². The molecule has 7 heteroatoms. The zero-order chi connectivity index (χ0) is 12.0. The molecule has 1 aromatic heterocycles. The van der Waals surface area contributed by atoms with Crippen molar-refractivity contribution in [2.75, 3.05) is 0 Å². The summed E-state index contributed by atoms with van der Waals surface area (Å²) in [5.74, 6) is -0.937. The maximum atomic E-state index is 11.3. The van der Waals surface area contributed by atoms with Crippen LogP contribution in [0.3, 0.4) is 0 Å². The lowest BCUT2D eigenvalue weighted by molar-refractivity contribution is -0.137. The number of nitrogens with zero attached hydrogens (tertiary/aromatic N) is 1. The lowest BCUT2D eigenvalue weighted by atomic mass is 10.2. The summed E-state index contributed by atoms with van der Waals surface area (Å²) in [5.41, 5.74) is 0. The van der Waals surface area contributed by atoms with Gasteiger partial charge in [0.25, 0.3) is 0 Å². The van der Waals surface area contributed by atoms with Gasteiger partial charge in [-0.05, 0) is 6.92 Å². The third kappa shape index (κ3) is 4.74. The number of nitrogens with one attached hydrogen (secondary N) is 2. The molecule has 0 saturated carbocycles. The zero-order valence-corrected chi connectivity index (χ0v) is 9.58. The molecule has 1 atom stereocenters. The average Bonchev–Trinajstić information content (AvgIpc) is 2.65. The summed E-state index contributed by atoms with van der Waals surface area (Å²) >= 11 is 1.45. The van der Waals surface area contributed by atoms with E-state index in [4.69, 9.17) is 5.11 Å².